The number of hydrogen-bond donors (Lipinski definition) is 2. The number of hydrogen-bond acceptors (Lipinski definition) is 3. The molecule has 0 aliphatic rings. The van der Waals surface area contributed by atoms with Gasteiger partial charge in [-0.05, 0) is 74.7 Å². The van der Waals surface area contributed by atoms with E-state index in [0.717, 1.165) is 0 Å². The van der Waals surface area contributed by atoms with Crippen LogP contribution in [-0.2, 0) is 4.74 Å². The Labute approximate surface area is 158 Å². The molecule has 0 aliphatic heterocycles. The van der Waals surface area contributed by atoms with Crippen molar-refractivity contribution in [2.75, 3.05) is 5.73 Å². The van der Waals surface area contributed by atoms with E-state index in [1.54, 1.807) is 32.9 Å². The molecule has 4 nitrogen and oxygen atoms in total. The second-order valence-electron chi connectivity index (χ2n) is 7.23. The van der Waals surface area contributed by atoms with E-state index in [2.05, 4.69) is 11.9 Å². The van der Waals surface area contributed by atoms with Gasteiger partial charge in [-0.3, -0.25) is 0 Å². The van der Waals surface area contributed by atoms with Gasteiger partial charge in [0.2, 0.25) is 0 Å². The number of rotatable bonds is 5. The fourth-order valence-corrected chi connectivity index (χ4v) is 2.64. The van der Waals surface area contributed by atoms with Gasteiger partial charge in [0.1, 0.15) is 17.2 Å². The van der Waals surface area contributed by atoms with Gasteiger partial charge >= 0.3 is 6.09 Å². The lowest BCUT2D eigenvalue weighted by Gasteiger charge is -2.24. The maximum absolute atomic E-state index is 14.3. The third kappa shape index (κ3) is 5.81. The number of amides is 1. The number of nitrogens with one attached hydrogen (secondary N) is 1. The first kappa shape index (κ1) is 20.4. The summed E-state index contributed by atoms with van der Waals surface area (Å²) < 4.78 is 33.1. The SMILES string of the molecule is C=CC[C@H](NC(=O)OC(C)(C)C)c1cc(F)cc(-c2cc(F)ccc2N)c1. The molecule has 2 aromatic rings. The summed E-state index contributed by atoms with van der Waals surface area (Å²) in [6.45, 7) is 8.94. The van der Waals surface area contributed by atoms with E-state index < -0.39 is 29.4 Å². The van der Waals surface area contributed by atoms with Gasteiger partial charge in [-0.25, -0.2) is 13.6 Å². The number of ether oxygens (including phenoxy) is 1. The molecule has 3 N–H and O–H groups in total. The topological polar surface area (TPSA) is 64.3 Å². The van der Waals surface area contributed by atoms with Gasteiger partial charge < -0.3 is 15.8 Å². The quantitative estimate of drug-likeness (QED) is 0.547. The van der Waals surface area contributed by atoms with Gasteiger partial charge in [-0.1, -0.05) is 6.08 Å². The molecule has 0 saturated heterocycles. The molecular formula is C21H24F2N2O2. The van der Waals surface area contributed by atoms with Crippen LogP contribution in [0.25, 0.3) is 11.1 Å². The summed E-state index contributed by atoms with van der Waals surface area (Å²) in [5, 5.41) is 2.72. The molecule has 1 amide bonds. The summed E-state index contributed by atoms with van der Waals surface area (Å²) in [5.41, 5.74) is 6.88. The lowest BCUT2D eigenvalue weighted by atomic mass is 9.96. The first-order valence-corrected chi connectivity index (χ1v) is 8.55. The van der Waals surface area contributed by atoms with Crippen molar-refractivity contribution in [2.45, 2.75) is 38.8 Å². The zero-order valence-electron chi connectivity index (χ0n) is 15.7. The number of halogens is 2. The smallest absolute Gasteiger partial charge is 0.408 e. The zero-order chi connectivity index (χ0) is 20.2. The van der Waals surface area contributed by atoms with E-state index in [-0.39, 0.29) is 0 Å². The Hall–Kier alpha value is -2.89. The average molecular weight is 374 g/mol. The van der Waals surface area contributed by atoms with Crippen LogP contribution in [0.2, 0.25) is 0 Å². The molecule has 0 aromatic heterocycles. The number of carbonyl (C=O) groups is 1. The fraction of sp³-hybridized carbons (Fsp3) is 0.286. The molecule has 0 bridgehead atoms. The molecule has 0 radical (unpaired) electrons. The van der Waals surface area contributed by atoms with E-state index in [0.29, 0.717) is 28.8 Å². The van der Waals surface area contributed by atoms with Crippen molar-refractivity contribution in [3.05, 3.63) is 66.3 Å². The molecule has 0 fully saturated rings. The van der Waals surface area contributed by atoms with Crippen molar-refractivity contribution in [1.82, 2.24) is 5.32 Å². The Morgan fingerprint density at radius 3 is 2.56 bits per heavy atom. The van der Waals surface area contributed by atoms with Crippen molar-refractivity contribution >= 4 is 11.8 Å². The Morgan fingerprint density at radius 2 is 1.93 bits per heavy atom. The van der Waals surface area contributed by atoms with Crippen molar-refractivity contribution in [3.8, 4) is 11.1 Å². The van der Waals surface area contributed by atoms with Crippen LogP contribution in [0.4, 0.5) is 19.3 Å². The number of carbonyl (C=O) groups excluding carboxylic acids is 1. The van der Waals surface area contributed by atoms with Crippen molar-refractivity contribution in [1.29, 1.82) is 0 Å². The molecule has 6 heteroatoms. The van der Waals surface area contributed by atoms with Crippen LogP contribution >= 0.6 is 0 Å². The van der Waals surface area contributed by atoms with Crippen molar-refractivity contribution < 1.29 is 18.3 Å². The standard InChI is InChI=1S/C21H24F2N2O2/c1-5-6-19(25-20(26)27-21(2,3)4)14-9-13(10-16(23)11-14)17-12-15(22)7-8-18(17)24/h5,7-12,19H,1,6,24H2,2-4H3,(H,25,26)/t19-/m0/s1. The van der Waals surface area contributed by atoms with E-state index in [4.69, 9.17) is 10.5 Å². The van der Waals surface area contributed by atoms with Crippen LogP contribution < -0.4 is 11.1 Å². The van der Waals surface area contributed by atoms with Crippen LogP contribution in [-0.4, -0.2) is 11.7 Å². The van der Waals surface area contributed by atoms with Gasteiger partial charge in [-0.2, -0.15) is 0 Å². The highest BCUT2D eigenvalue weighted by Crippen LogP contribution is 2.31. The number of nitrogens with two attached hydrogens (primary N) is 1. The molecule has 0 saturated carbocycles. The van der Waals surface area contributed by atoms with E-state index in [9.17, 15) is 13.6 Å². The summed E-state index contributed by atoms with van der Waals surface area (Å²) in [5.74, 6) is -0.995. The maximum Gasteiger partial charge on any atom is 0.408 e. The third-order valence-corrected chi connectivity index (χ3v) is 3.74. The molecule has 0 spiro atoms. The van der Waals surface area contributed by atoms with Crippen LogP contribution in [0.5, 0.6) is 0 Å². The minimum atomic E-state index is -0.661. The highest BCUT2D eigenvalue weighted by atomic mass is 19.1. The molecule has 0 aliphatic carbocycles. The van der Waals surface area contributed by atoms with Gasteiger partial charge in [-0.15, -0.1) is 6.58 Å². The van der Waals surface area contributed by atoms with E-state index >= 15 is 0 Å². The second kappa shape index (κ2) is 8.20. The summed E-state index contributed by atoms with van der Waals surface area (Å²) in [6, 6.07) is 7.61. The number of anilines is 1. The van der Waals surface area contributed by atoms with Gasteiger partial charge in [0.25, 0.3) is 0 Å². The lowest BCUT2D eigenvalue weighted by Crippen LogP contribution is -2.34. The van der Waals surface area contributed by atoms with Crippen LogP contribution in [0.15, 0.2) is 49.1 Å². The lowest BCUT2D eigenvalue weighted by molar-refractivity contribution is 0.0504. The minimum absolute atomic E-state index is 0.327. The fourth-order valence-electron chi connectivity index (χ4n) is 2.64. The van der Waals surface area contributed by atoms with Gasteiger partial charge in [0.15, 0.2) is 0 Å². The molecule has 27 heavy (non-hydrogen) atoms. The molecule has 0 heterocycles. The van der Waals surface area contributed by atoms with Gasteiger partial charge in [0, 0.05) is 11.3 Å². The summed E-state index contributed by atoms with van der Waals surface area (Å²) in [4.78, 5) is 12.1. The van der Waals surface area contributed by atoms with Crippen LogP contribution in [0.3, 0.4) is 0 Å². The highest BCUT2D eigenvalue weighted by Gasteiger charge is 2.21. The molecule has 2 rings (SSSR count). The third-order valence-electron chi connectivity index (χ3n) is 3.74. The second-order valence-corrected chi connectivity index (χ2v) is 7.23. The molecule has 2 aromatic carbocycles. The van der Waals surface area contributed by atoms with Gasteiger partial charge in [0.05, 0.1) is 6.04 Å². The Kier molecular flexibility index (Phi) is 6.20. The first-order valence-electron chi connectivity index (χ1n) is 8.55. The minimum Gasteiger partial charge on any atom is -0.444 e. The number of alkyl carbamates (subject to hydrolysis) is 1. The summed E-state index contributed by atoms with van der Waals surface area (Å²) in [7, 11) is 0. The molecular weight excluding hydrogens is 350 g/mol. The Morgan fingerprint density at radius 1 is 1.22 bits per heavy atom. The number of benzene rings is 2. The maximum atomic E-state index is 14.3. The van der Waals surface area contributed by atoms with Crippen molar-refractivity contribution in [3.63, 3.8) is 0 Å². The van der Waals surface area contributed by atoms with E-state index in [1.165, 1.54) is 30.3 Å². The van der Waals surface area contributed by atoms with Crippen molar-refractivity contribution in [2.24, 2.45) is 0 Å². The molecule has 1 atom stereocenters. The average Bonchev–Trinajstić information content (AvgIpc) is 2.54. The highest BCUT2D eigenvalue weighted by molar-refractivity contribution is 5.77. The van der Waals surface area contributed by atoms with Crippen LogP contribution in [0, 0.1) is 11.6 Å². The number of nitrogen functional groups attached to an aromatic ring is 1. The molecule has 0 unspecified atom stereocenters. The summed E-state index contributed by atoms with van der Waals surface area (Å²) in [6.07, 6.45) is 1.36. The largest absolute Gasteiger partial charge is 0.444 e. The summed E-state index contributed by atoms with van der Waals surface area (Å²) >= 11 is 0. The zero-order valence-corrected chi connectivity index (χ0v) is 15.7. The molecule has 144 valence electrons. The predicted molar refractivity (Wildman–Crippen MR) is 103 cm³/mol. The Bertz CT molecular complexity index is 845. The normalized spacial score (nSPS) is 12.3. The first-order chi connectivity index (χ1) is 12.6. The van der Waals surface area contributed by atoms with Crippen LogP contribution in [0.1, 0.15) is 38.8 Å². The monoisotopic (exact) mass is 374 g/mol. The Balaban J connectivity index is 2.39. The van der Waals surface area contributed by atoms with E-state index in [1.807, 2.05) is 0 Å². The predicted octanol–water partition coefficient (Wildman–Crippen LogP) is 5.36.